The van der Waals surface area contributed by atoms with Crippen LogP contribution in [0, 0.1) is 6.92 Å². The van der Waals surface area contributed by atoms with Gasteiger partial charge in [-0.15, -0.1) is 0 Å². The zero-order chi connectivity index (χ0) is 15.1. The Kier molecular flexibility index (Phi) is 3.47. The second kappa shape index (κ2) is 5.48. The van der Waals surface area contributed by atoms with E-state index in [4.69, 9.17) is 4.52 Å². The molecule has 4 rings (SSSR count). The topological polar surface area (TPSA) is 62.4 Å². The number of β-amino-alcohol motifs (C(OH)–C–C–N with tert-alkyl or cyclic N) is 1. The van der Waals surface area contributed by atoms with Crippen molar-refractivity contribution in [3.8, 4) is 0 Å². The van der Waals surface area contributed by atoms with Gasteiger partial charge >= 0.3 is 0 Å². The molecule has 2 atom stereocenters. The van der Waals surface area contributed by atoms with Gasteiger partial charge in [-0.05, 0) is 37.3 Å². The highest BCUT2D eigenvalue weighted by molar-refractivity contribution is 5.25. The lowest BCUT2D eigenvalue weighted by Gasteiger charge is -2.22. The summed E-state index contributed by atoms with van der Waals surface area (Å²) in [5, 5.41) is 14.2. The summed E-state index contributed by atoms with van der Waals surface area (Å²) in [6.07, 6.45) is 2.67. The summed E-state index contributed by atoms with van der Waals surface area (Å²) in [6, 6.07) is 8.39. The van der Waals surface area contributed by atoms with E-state index in [1.54, 1.807) is 0 Å². The van der Waals surface area contributed by atoms with Gasteiger partial charge in [0.1, 0.15) is 0 Å². The van der Waals surface area contributed by atoms with Crippen LogP contribution in [0.5, 0.6) is 0 Å². The number of hydrogen-bond acceptors (Lipinski definition) is 5. The van der Waals surface area contributed by atoms with Gasteiger partial charge in [-0.2, -0.15) is 4.98 Å². The quantitative estimate of drug-likeness (QED) is 0.940. The van der Waals surface area contributed by atoms with E-state index in [1.165, 1.54) is 24.0 Å². The molecule has 1 aromatic carbocycles. The fraction of sp³-hybridized carbons (Fsp3) is 0.529. The van der Waals surface area contributed by atoms with Crippen LogP contribution in [0.4, 0.5) is 0 Å². The molecule has 2 fully saturated rings. The lowest BCUT2D eigenvalue weighted by molar-refractivity contribution is 0.169. The molecule has 5 nitrogen and oxygen atoms in total. The van der Waals surface area contributed by atoms with Crippen molar-refractivity contribution in [2.45, 2.75) is 50.8 Å². The maximum absolute atomic E-state index is 10.1. The molecule has 0 amide bonds. The Morgan fingerprint density at radius 1 is 1.32 bits per heavy atom. The number of nitrogens with zero attached hydrogens (tertiary/aromatic N) is 3. The van der Waals surface area contributed by atoms with Crippen molar-refractivity contribution in [1.29, 1.82) is 0 Å². The SMILES string of the molecule is Cc1ccccc1CN1CC(O)CC1c1nc(C2CC2)no1. The Bertz CT molecular complexity index is 665. The molecule has 1 aromatic heterocycles. The average molecular weight is 299 g/mol. The van der Waals surface area contributed by atoms with Crippen LogP contribution in [0.2, 0.25) is 0 Å². The fourth-order valence-corrected chi connectivity index (χ4v) is 3.21. The van der Waals surface area contributed by atoms with Crippen LogP contribution >= 0.6 is 0 Å². The predicted molar refractivity (Wildman–Crippen MR) is 81.2 cm³/mol. The molecule has 2 heterocycles. The summed E-state index contributed by atoms with van der Waals surface area (Å²) in [5.74, 6) is 1.99. The molecule has 2 aliphatic rings. The van der Waals surface area contributed by atoms with Crippen molar-refractivity contribution in [3.63, 3.8) is 0 Å². The number of hydrogen-bond donors (Lipinski definition) is 1. The summed E-state index contributed by atoms with van der Waals surface area (Å²) in [7, 11) is 0. The van der Waals surface area contributed by atoms with E-state index >= 15 is 0 Å². The largest absolute Gasteiger partial charge is 0.392 e. The number of aliphatic hydroxyl groups excluding tert-OH is 1. The monoisotopic (exact) mass is 299 g/mol. The normalized spacial score (nSPS) is 25.7. The molecule has 1 aliphatic carbocycles. The van der Waals surface area contributed by atoms with E-state index in [-0.39, 0.29) is 12.1 Å². The van der Waals surface area contributed by atoms with Crippen LogP contribution in [0.3, 0.4) is 0 Å². The van der Waals surface area contributed by atoms with Crippen molar-refractivity contribution >= 4 is 0 Å². The van der Waals surface area contributed by atoms with Gasteiger partial charge in [0.15, 0.2) is 5.82 Å². The number of rotatable bonds is 4. The van der Waals surface area contributed by atoms with Crippen molar-refractivity contribution < 1.29 is 9.63 Å². The van der Waals surface area contributed by atoms with E-state index < -0.39 is 0 Å². The lowest BCUT2D eigenvalue weighted by Crippen LogP contribution is -2.25. The van der Waals surface area contributed by atoms with Gasteiger partial charge in [0.2, 0.25) is 5.89 Å². The minimum atomic E-state index is -0.328. The van der Waals surface area contributed by atoms with E-state index in [1.807, 2.05) is 0 Å². The average Bonchev–Trinajstić information content (AvgIpc) is 3.12. The van der Waals surface area contributed by atoms with Gasteiger partial charge in [-0.1, -0.05) is 29.4 Å². The van der Waals surface area contributed by atoms with E-state index in [0.29, 0.717) is 24.8 Å². The first kappa shape index (κ1) is 13.9. The number of aryl methyl sites for hydroxylation is 1. The summed E-state index contributed by atoms with van der Waals surface area (Å²) in [5.41, 5.74) is 2.55. The van der Waals surface area contributed by atoms with E-state index in [2.05, 4.69) is 46.2 Å². The molecule has 1 saturated carbocycles. The zero-order valence-electron chi connectivity index (χ0n) is 12.8. The Morgan fingerprint density at radius 3 is 2.91 bits per heavy atom. The molecule has 2 aromatic rings. The van der Waals surface area contributed by atoms with Crippen LogP contribution in [-0.4, -0.2) is 32.8 Å². The van der Waals surface area contributed by atoms with Gasteiger partial charge < -0.3 is 9.63 Å². The van der Waals surface area contributed by atoms with E-state index in [0.717, 1.165) is 12.4 Å². The van der Waals surface area contributed by atoms with Crippen molar-refractivity contribution in [2.75, 3.05) is 6.54 Å². The molecule has 0 spiro atoms. The predicted octanol–water partition coefficient (Wildman–Crippen LogP) is 2.56. The highest BCUT2D eigenvalue weighted by Crippen LogP contribution is 2.40. The van der Waals surface area contributed by atoms with Crippen molar-refractivity contribution in [2.24, 2.45) is 0 Å². The molecule has 1 N–H and O–H groups in total. The molecular weight excluding hydrogens is 278 g/mol. The first-order valence-electron chi connectivity index (χ1n) is 8.01. The van der Waals surface area contributed by atoms with E-state index in [9.17, 15) is 5.11 Å². The van der Waals surface area contributed by atoms with Crippen LogP contribution in [0.25, 0.3) is 0 Å². The maximum atomic E-state index is 10.1. The van der Waals surface area contributed by atoms with Gasteiger partial charge in [0.25, 0.3) is 0 Å². The Hall–Kier alpha value is -1.72. The number of benzene rings is 1. The summed E-state index contributed by atoms with van der Waals surface area (Å²) in [4.78, 5) is 6.82. The third-order valence-corrected chi connectivity index (χ3v) is 4.70. The molecule has 5 heteroatoms. The second-order valence-corrected chi connectivity index (χ2v) is 6.53. The molecule has 0 radical (unpaired) electrons. The standard InChI is InChI=1S/C17H21N3O2/c1-11-4-2-3-5-13(11)9-20-10-14(21)8-15(20)17-18-16(19-22-17)12-6-7-12/h2-5,12,14-15,21H,6-10H2,1H3. The highest BCUT2D eigenvalue weighted by Gasteiger charge is 2.37. The van der Waals surface area contributed by atoms with Crippen molar-refractivity contribution in [3.05, 3.63) is 47.1 Å². The van der Waals surface area contributed by atoms with Gasteiger partial charge in [0.05, 0.1) is 12.1 Å². The first-order valence-corrected chi connectivity index (χ1v) is 8.01. The molecule has 1 aliphatic heterocycles. The lowest BCUT2D eigenvalue weighted by atomic mass is 10.1. The van der Waals surface area contributed by atoms with Crippen LogP contribution in [0.15, 0.2) is 28.8 Å². The third kappa shape index (κ3) is 2.66. The van der Waals surface area contributed by atoms with Gasteiger partial charge in [-0.3, -0.25) is 4.90 Å². The number of likely N-dealkylation sites (tertiary alicyclic amines) is 1. The minimum Gasteiger partial charge on any atom is -0.392 e. The van der Waals surface area contributed by atoms with Crippen LogP contribution in [0.1, 0.15) is 54.1 Å². The molecule has 1 saturated heterocycles. The summed E-state index contributed by atoms with van der Waals surface area (Å²) in [6.45, 7) is 3.57. The van der Waals surface area contributed by atoms with Crippen LogP contribution in [-0.2, 0) is 6.54 Å². The number of aliphatic hydroxyl groups is 1. The van der Waals surface area contributed by atoms with Gasteiger partial charge in [0, 0.05) is 19.0 Å². The Labute approximate surface area is 130 Å². The fourth-order valence-electron chi connectivity index (χ4n) is 3.21. The molecule has 116 valence electrons. The summed E-state index contributed by atoms with van der Waals surface area (Å²) < 4.78 is 5.48. The minimum absolute atomic E-state index is 0.0228. The van der Waals surface area contributed by atoms with Gasteiger partial charge in [-0.25, -0.2) is 0 Å². The van der Waals surface area contributed by atoms with Crippen LogP contribution < -0.4 is 0 Å². The Balaban J connectivity index is 1.55. The molecule has 22 heavy (non-hydrogen) atoms. The zero-order valence-corrected chi connectivity index (χ0v) is 12.8. The molecular formula is C17H21N3O2. The second-order valence-electron chi connectivity index (χ2n) is 6.53. The number of aromatic nitrogens is 2. The maximum Gasteiger partial charge on any atom is 0.244 e. The first-order chi connectivity index (χ1) is 10.7. The molecule has 0 bridgehead atoms. The van der Waals surface area contributed by atoms with Crippen molar-refractivity contribution in [1.82, 2.24) is 15.0 Å². The third-order valence-electron chi connectivity index (χ3n) is 4.70. The highest BCUT2D eigenvalue weighted by atomic mass is 16.5. The Morgan fingerprint density at radius 2 is 2.14 bits per heavy atom. The summed E-state index contributed by atoms with van der Waals surface area (Å²) >= 11 is 0. The smallest absolute Gasteiger partial charge is 0.244 e. The molecule has 2 unspecified atom stereocenters.